The van der Waals surface area contributed by atoms with E-state index in [0.29, 0.717) is 44.1 Å². The Morgan fingerprint density at radius 2 is 2.00 bits per heavy atom. The summed E-state index contributed by atoms with van der Waals surface area (Å²) >= 11 is 0. The first-order valence-electron chi connectivity index (χ1n) is 11.2. The van der Waals surface area contributed by atoms with Crippen LogP contribution in [0.3, 0.4) is 0 Å². The van der Waals surface area contributed by atoms with Crippen molar-refractivity contribution in [2.75, 3.05) is 32.9 Å². The van der Waals surface area contributed by atoms with Crippen LogP contribution in [0.2, 0.25) is 0 Å². The Kier molecular flexibility index (Phi) is 6.65. The number of urea groups is 1. The van der Waals surface area contributed by atoms with Crippen LogP contribution < -0.4 is 20.1 Å². The number of benzene rings is 1. The molecule has 0 radical (unpaired) electrons. The minimum absolute atomic E-state index is 0.181. The van der Waals surface area contributed by atoms with Crippen molar-refractivity contribution in [3.63, 3.8) is 0 Å². The molecular weight excluding hydrogens is 398 g/mol. The Morgan fingerprint density at radius 1 is 1.19 bits per heavy atom. The van der Waals surface area contributed by atoms with Crippen LogP contribution in [-0.4, -0.2) is 55.9 Å². The van der Waals surface area contributed by atoms with E-state index < -0.39 is 0 Å². The summed E-state index contributed by atoms with van der Waals surface area (Å²) in [5.74, 6) is 1.20. The molecule has 3 aliphatic rings. The molecule has 4 rings (SSSR count). The first kappa shape index (κ1) is 21.5. The Balaban J connectivity index is 1.60. The number of nitrogens with zero attached hydrogens (tertiary/aromatic N) is 1. The molecule has 8 heteroatoms. The summed E-state index contributed by atoms with van der Waals surface area (Å²) in [5.41, 5.74) is 2.32. The smallest absolute Gasteiger partial charge is 0.337 e. The van der Waals surface area contributed by atoms with Gasteiger partial charge in [-0.05, 0) is 50.4 Å². The normalized spacial score (nSPS) is 23.7. The highest BCUT2D eigenvalue weighted by Gasteiger charge is 2.35. The van der Waals surface area contributed by atoms with Crippen LogP contribution in [0.5, 0.6) is 11.5 Å². The lowest BCUT2D eigenvalue weighted by molar-refractivity contribution is -0.139. The number of rotatable bonds is 6. The molecule has 2 amide bonds. The first-order valence-corrected chi connectivity index (χ1v) is 11.2. The maximum atomic E-state index is 12.7. The van der Waals surface area contributed by atoms with E-state index in [2.05, 4.69) is 27.7 Å². The van der Waals surface area contributed by atoms with E-state index in [4.69, 9.17) is 14.2 Å². The molecule has 1 aromatic carbocycles. The molecule has 0 aromatic heterocycles. The molecule has 0 spiro atoms. The van der Waals surface area contributed by atoms with E-state index in [1.807, 2.05) is 13.0 Å². The number of nitrogens with one attached hydrogen (secondary N) is 2. The Morgan fingerprint density at radius 3 is 2.77 bits per heavy atom. The van der Waals surface area contributed by atoms with Gasteiger partial charge in [-0.2, -0.15) is 0 Å². The number of esters is 1. The van der Waals surface area contributed by atoms with E-state index in [0.717, 1.165) is 42.9 Å². The Hall–Kier alpha value is -2.74. The maximum absolute atomic E-state index is 12.7. The summed E-state index contributed by atoms with van der Waals surface area (Å²) in [4.78, 5) is 27.2. The summed E-state index contributed by atoms with van der Waals surface area (Å²) in [5, 5.41) is 5.71. The molecule has 3 heterocycles. The monoisotopic (exact) mass is 429 g/mol. The number of hydrogen-bond acceptors (Lipinski definition) is 6. The van der Waals surface area contributed by atoms with E-state index in [1.165, 1.54) is 0 Å². The highest BCUT2D eigenvalue weighted by atomic mass is 16.5. The average Bonchev–Trinajstić information content (AvgIpc) is 3.08. The van der Waals surface area contributed by atoms with Crippen molar-refractivity contribution in [2.24, 2.45) is 0 Å². The van der Waals surface area contributed by atoms with Gasteiger partial charge in [-0.25, -0.2) is 9.59 Å². The third kappa shape index (κ3) is 4.63. The fraction of sp³-hybridized carbons (Fsp3) is 0.565. The summed E-state index contributed by atoms with van der Waals surface area (Å²) in [6, 6.07) is 5.70. The molecule has 168 valence electrons. The van der Waals surface area contributed by atoms with Crippen molar-refractivity contribution in [2.45, 2.75) is 51.6 Å². The van der Waals surface area contributed by atoms with Crippen molar-refractivity contribution >= 4 is 12.0 Å². The summed E-state index contributed by atoms with van der Waals surface area (Å²) in [7, 11) is 0. The third-order valence-electron chi connectivity index (χ3n) is 6.03. The van der Waals surface area contributed by atoms with Crippen molar-refractivity contribution in [1.82, 2.24) is 15.5 Å². The van der Waals surface area contributed by atoms with E-state index in [9.17, 15) is 9.59 Å². The van der Waals surface area contributed by atoms with Gasteiger partial charge in [-0.15, -0.1) is 0 Å². The topological polar surface area (TPSA) is 89.1 Å². The lowest BCUT2D eigenvalue weighted by atomic mass is 9.99. The van der Waals surface area contributed by atoms with Gasteiger partial charge in [-0.3, -0.25) is 4.90 Å². The standard InChI is InChI=1S/C23H31N3O5/c1-3-16-21(22(27)29-4-2)17(25-23(28)24-16)14-26-10-5-7-18(26)15-8-9-19-20(13-15)31-12-6-11-30-19/h8-9,13,16,18H,3-7,10-12,14H2,1-2H3,(H2,24,25,28)/t16-,18-/m1/s1. The van der Waals surface area contributed by atoms with Crippen molar-refractivity contribution in [3.8, 4) is 11.5 Å². The molecule has 1 fully saturated rings. The molecule has 0 saturated carbocycles. The average molecular weight is 430 g/mol. The Bertz CT molecular complexity index is 869. The zero-order chi connectivity index (χ0) is 21.8. The van der Waals surface area contributed by atoms with Crippen LogP contribution in [0.1, 0.15) is 51.1 Å². The highest BCUT2D eigenvalue weighted by Crippen LogP contribution is 2.38. The molecule has 31 heavy (non-hydrogen) atoms. The zero-order valence-corrected chi connectivity index (χ0v) is 18.2. The van der Waals surface area contributed by atoms with Gasteiger partial charge in [0.25, 0.3) is 0 Å². The lowest BCUT2D eigenvalue weighted by Gasteiger charge is -2.32. The first-order chi connectivity index (χ1) is 15.1. The quantitative estimate of drug-likeness (QED) is 0.676. The predicted octanol–water partition coefficient (Wildman–Crippen LogP) is 2.89. The molecular formula is C23H31N3O5. The highest BCUT2D eigenvalue weighted by molar-refractivity contribution is 5.94. The summed E-state index contributed by atoms with van der Waals surface area (Å²) in [6.45, 7) is 6.72. The third-order valence-corrected chi connectivity index (χ3v) is 6.03. The van der Waals surface area contributed by atoms with Crippen LogP contribution >= 0.6 is 0 Å². The van der Waals surface area contributed by atoms with Crippen molar-refractivity contribution in [1.29, 1.82) is 0 Å². The van der Waals surface area contributed by atoms with E-state index in [-0.39, 0.29) is 24.1 Å². The van der Waals surface area contributed by atoms with Gasteiger partial charge >= 0.3 is 12.0 Å². The van der Waals surface area contributed by atoms with Crippen LogP contribution in [0, 0.1) is 0 Å². The zero-order valence-electron chi connectivity index (χ0n) is 18.2. The van der Waals surface area contributed by atoms with Crippen molar-refractivity contribution < 1.29 is 23.8 Å². The van der Waals surface area contributed by atoms with Gasteiger partial charge in [-0.1, -0.05) is 13.0 Å². The molecule has 0 aliphatic carbocycles. The van der Waals surface area contributed by atoms with Crippen LogP contribution in [0.4, 0.5) is 4.79 Å². The van der Waals surface area contributed by atoms with Gasteiger partial charge in [0.05, 0.1) is 31.4 Å². The largest absolute Gasteiger partial charge is 0.490 e. The van der Waals surface area contributed by atoms with E-state index in [1.54, 1.807) is 6.92 Å². The second kappa shape index (κ2) is 9.60. The predicted molar refractivity (Wildman–Crippen MR) is 115 cm³/mol. The number of hydrogen-bond donors (Lipinski definition) is 2. The van der Waals surface area contributed by atoms with Crippen LogP contribution in [0.15, 0.2) is 29.5 Å². The number of fused-ring (bicyclic) bond motifs is 1. The fourth-order valence-corrected chi connectivity index (χ4v) is 4.57. The second-order valence-corrected chi connectivity index (χ2v) is 8.06. The van der Waals surface area contributed by atoms with Gasteiger partial charge in [0.15, 0.2) is 11.5 Å². The molecule has 1 saturated heterocycles. The molecule has 2 atom stereocenters. The van der Waals surface area contributed by atoms with E-state index >= 15 is 0 Å². The maximum Gasteiger partial charge on any atom is 0.337 e. The van der Waals surface area contributed by atoms with Crippen LogP contribution in [-0.2, 0) is 9.53 Å². The molecule has 0 unspecified atom stereocenters. The number of carbonyl (C=O) groups excluding carboxylic acids is 2. The SMILES string of the molecule is CCOC(=O)C1=C(CN2CCC[C@@H]2c2ccc3c(c2)OCCCO3)NC(=O)N[C@@H]1CC. The number of ether oxygens (including phenoxy) is 3. The molecule has 3 aliphatic heterocycles. The molecule has 2 N–H and O–H groups in total. The van der Waals surface area contributed by atoms with Crippen molar-refractivity contribution in [3.05, 3.63) is 35.0 Å². The van der Waals surface area contributed by atoms with Gasteiger partial charge in [0, 0.05) is 24.7 Å². The molecule has 1 aromatic rings. The minimum Gasteiger partial charge on any atom is -0.490 e. The van der Waals surface area contributed by atoms with Gasteiger partial charge < -0.3 is 24.8 Å². The number of amides is 2. The summed E-state index contributed by atoms with van der Waals surface area (Å²) < 4.78 is 16.9. The second-order valence-electron chi connectivity index (χ2n) is 8.06. The summed E-state index contributed by atoms with van der Waals surface area (Å²) in [6.07, 6.45) is 3.54. The van der Waals surface area contributed by atoms with Gasteiger partial charge in [0.1, 0.15) is 0 Å². The molecule has 0 bridgehead atoms. The lowest BCUT2D eigenvalue weighted by Crippen LogP contribution is -2.52. The number of likely N-dealkylation sites (tertiary alicyclic amines) is 1. The van der Waals surface area contributed by atoms with Crippen LogP contribution in [0.25, 0.3) is 0 Å². The van der Waals surface area contributed by atoms with Gasteiger partial charge in [0.2, 0.25) is 0 Å². The minimum atomic E-state index is -0.372. The number of carbonyl (C=O) groups is 2. The molecule has 8 nitrogen and oxygen atoms in total. The fourth-order valence-electron chi connectivity index (χ4n) is 4.57. The Labute approximate surface area is 182 Å².